The number of rotatable bonds is 4. The molecular weight excluding hydrogens is 254 g/mol. The molecule has 0 fully saturated rings. The number of carbonyl (C=O) groups is 1. The molecule has 0 atom stereocenters. The molecule has 1 amide bonds. The maximum atomic E-state index is 12.2. The Morgan fingerprint density at radius 1 is 1.05 bits per heavy atom. The van der Waals surface area contributed by atoms with Crippen LogP contribution in [0.1, 0.15) is 15.9 Å². The first-order valence-electron chi connectivity index (χ1n) is 6.14. The molecule has 3 heteroatoms. The van der Waals surface area contributed by atoms with Crippen molar-refractivity contribution in [2.45, 2.75) is 11.4 Å². The highest BCUT2D eigenvalue weighted by molar-refractivity contribution is 7.98. The lowest BCUT2D eigenvalue weighted by Crippen LogP contribution is -2.26. The van der Waals surface area contributed by atoms with Crippen molar-refractivity contribution in [2.24, 2.45) is 0 Å². The Labute approximate surface area is 118 Å². The molecule has 0 saturated carbocycles. The second kappa shape index (κ2) is 6.43. The Bertz CT molecular complexity index is 536. The smallest absolute Gasteiger partial charge is 0.253 e. The van der Waals surface area contributed by atoms with E-state index >= 15 is 0 Å². The summed E-state index contributed by atoms with van der Waals surface area (Å²) in [7, 11) is 1.83. The Kier molecular flexibility index (Phi) is 4.63. The molecule has 0 aliphatic carbocycles. The van der Waals surface area contributed by atoms with Gasteiger partial charge in [0.2, 0.25) is 0 Å². The van der Waals surface area contributed by atoms with Gasteiger partial charge in [0.1, 0.15) is 0 Å². The summed E-state index contributed by atoms with van der Waals surface area (Å²) in [5.41, 5.74) is 1.87. The quantitative estimate of drug-likeness (QED) is 0.791. The van der Waals surface area contributed by atoms with Gasteiger partial charge in [-0.05, 0) is 36.1 Å². The lowest BCUT2D eigenvalue weighted by molar-refractivity contribution is 0.0785. The normalized spacial score (nSPS) is 10.2. The van der Waals surface area contributed by atoms with Crippen LogP contribution >= 0.6 is 11.8 Å². The Morgan fingerprint density at radius 2 is 1.68 bits per heavy atom. The van der Waals surface area contributed by atoms with Crippen molar-refractivity contribution in [3.05, 3.63) is 65.7 Å². The van der Waals surface area contributed by atoms with Gasteiger partial charge in [0.15, 0.2) is 0 Å². The van der Waals surface area contributed by atoms with Gasteiger partial charge in [0, 0.05) is 24.1 Å². The number of nitrogens with zero attached hydrogens (tertiary/aromatic N) is 1. The van der Waals surface area contributed by atoms with E-state index in [9.17, 15) is 4.79 Å². The zero-order valence-electron chi connectivity index (χ0n) is 11.2. The second-order valence-electron chi connectivity index (χ2n) is 4.38. The van der Waals surface area contributed by atoms with Crippen molar-refractivity contribution >= 4 is 17.7 Å². The van der Waals surface area contributed by atoms with E-state index in [4.69, 9.17) is 0 Å². The lowest BCUT2D eigenvalue weighted by atomic mass is 10.1. The molecule has 0 radical (unpaired) electrons. The van der Waals surface area contributed by atoms with Gasteiger partial charge in [-0.1, -0.05) is 30.3 Å². The lowest BCUT2D eigenvalue weighted by Gasteiger charge is -2.17. The van der Waals surface area contributed by atoms with Crippen molar-refractivity contribution < 1.29 is 4.79 Å². The van der Waals surface area contributed by atoms with Crippen LogP contribution < -0.4 is 0 Å². The van der Waals surface area contributed by atoms with Crippen LogP contribution in [0.5, 0.6) is 0 Å². The molecule has 2 aromatic rings. The van der Waals surface area contributed by atoms with E-state index in [1.807, 2.05) is 37.4 Å². The molecule has 0 bridgehead atoms. The topological polar surface area (TPSA) is 20.3 Å². The van der Waals surface area contributed by atoms with Crippen molar-refractivity contribution in [3.63, 3.8) is 0 Å². The highest BCUT2D eigenvalue weighted by Crippen LogP contribution is 2.16. The highest BCUT2D eigenvalue weighted by atomic mass is 32.2. The van der Waals surface area contributed by atoms with E-state index in [1.54, 1.807) is 16.7 Å². The molecule has 0 heterocycles. The molecule has 0 saturated heterocycles. The average molecular weight is 271 g/mol. The number of hydrogen-bond acceptors (Lipinski definition) is 2. The fourth-order valence-corrected chi connectivity index (χ4v) is 2.29. The first-order valence-corrected chi connectivity index (χ1v) is 7.36. The summed E-state index contributed by atoms with van der Waals surface area (Å²) < 4.78 is 0. The van der Waals surface area contributed by atoms with Crippen molar-refractivity contribution in [2.75, 3.05) is 13.3 Å². The number of amides is 1. The van der Waals surface area contributed by atoms with Gasteiger partial charge < -0.3 is 4.90 Å². The van der Waals surface area contributed by atoms with Crippen LogP contribution in [-0.2, 0) is 6.54 Å². The third-order valence-corrected chi connectivity index (χ3v) is 3.69. The minimum absolute atomic E-state index is 0.0505. The third-order valence-electron chi connectivity index (χ3n) is 2.95. The molecule has 19 heavy (non-hydrogen) atoms. The zero-order chi connectivity index (χ0) is 13.7. The summed E-state index contributed by atoms with van der Waals surface area (Å²) in [5.74, 6) is 0.0505. The summed E-state index contributed by atoms with van der Waals surface area (Å²) in [5, 5.41) is 0. The van der Waals surface area contributed by atoms with Crippen LogP contribution in [0.3, 0.4) is 0 Å². The van der Waals surface area contributed by atoms with Crippen LogP contribution in [0.25, 0.3) is 0 Å². The van der Waals surface area contributed by atoms with E-state index in [2.05, 4.69) is 30.5 Å². The van der Waals surface area contributed by atoms with Gasteiger partial charge in [0.05, 0.1) is 0 Å². The van der Waals surface area contributed by atoms with E-state index in [-0.39, 0.29) is 5.91 Å². The minimum Gasteiger partial charge on any atom is -0.337 e. The highest BCUT2D eigenvalue weighted by Gasteiger charge is 2.11. The molecule has 2 nitrogen and oxygen atoms in total. The van der Waals surface area contributed by atoms with Crippen LogP contribution in [0.4, 0.5) is 0 Å². The fourth-order valence-electron chi connectivity index (χ4n) is 1.88. The summed E-state index contributed by atoms with van der Waals surface area (Å²) in [6.07, 6.45) is 2.06. The van der Waals surface area contributed by atoms with Gasteiger partial charge in [-0.2, -0.15) is 0 Å². The zero-order valence-corrected chi connectivity index (χ0v) is 12.0. The van der Waals surface area contributed by atoms with Crippen molar-refractivity contribution in [3.8, 4) is 0 Å². The van der Waals surface area contributed by atoms with Crippen molar-refractivity contribution in [1.29, 1.82) is 0 Å². The van der Waals surface area contributed by atoms with Gasteiger partial charge in [0.25, 0.3) is 5.91 Å². The Balaban J connectivity index is 2.04. The van der Waals surface area contributed by atoms with Crippen LogP contribution in [-0.4, -0.2) is 24.1 Å². The number of hydrogen-bond donors (Lipinski definition) is 0. The molecule has 2 aromatic carbocycles. The third kappa shape index (κ3) is 3.61. The summed E-state index contributed by atoms with van der Waals surface area (Å²) in [6, 6.07) is 17.7. The maximum Gasteiger partial charge on any atom is 0.253 e. The first kappa shape index (κ1) is 13.7. The van der Waals surface area contributed by atoms with Gasteiger partial charge in [-0.15, -0.1) is 11.8 Å². The summed E-state index contributed by atoms with van der Waals surface area (Å²) in [4.78, 5) is 15.2. The first-order chi connectivity index (χ1) is 9.20. The van der Waals surface area contributed by atoms with Gasteiger partial charge in [-0.3, -0.25) is 4.79 Å². The van der Waals surface area contributed by atoms with Crippen LogP contribution in [0.2, 0.25) is 0 Å². The standard InChI is InChI=1S/C16H17NOS/c1-17(16(18)14-6-4-3-5-7-14)12-13-8-10-15(19-2)11-9-13/h3-11H,12H2,1-2H3. The van der Waals surface area contributed by atoms with E-state index in [0.29, 0.717) is 6.54 Å². The summed E-state index contributed by atoms with van der Waals surface area (Å²) >= 11 is 1.72. The molecular formula is C16H17NOS. The van der Waals surface area contributed by atoms with Gasteiger partial charge >= 0.3 is 0 Å². The largest absolute Gasteiger partial charge is 0.337 e. The van der Waals surface area contributed by atoms with Crippen LogP contribution in [0.15, 0.2) is 59.5 Å². The predicted molar refractivity (Wildman–Crippen MR) is 80.5 cm³/mol. The summed E-state index contributed by atoms with van der Waals surface area (Å²) in [6.45, 7) is 0.627. The maximum absolute atomic E-state index is 12.2. The van der Waals surface area contributed by atoms with Crippen LogP contribution in [0, 0.1) is 0 Å². The monoisotopic (exact) mass is 271 g/mol. The number of benzene rings is 2. The second-order valence-corrected chi connectivity index (χ2v) is 5.25. The predicted octanol–water partition coefficient (Wildman–Crippen LogP) is 3.68. The van der Waals surface area contributed by atoms with E-state index in [1.165, 1.54) is 4.90 Å². The van der Waals surface area contributed by atoms with Gasteiger partial charge in [-0.25, -0.2) is 0 Å². The Hall–Kier alpha value is -1.74. The molecule has 0 aromatic heterocycles. The molecule has 0 N–H and O–H groups in total. The molecule has 98 valence electrons. The minimum atomic E-state index is 0.0505. The number of carbonyl (C=O) groups excluding carboxylic acids is 1. The fraction of sp³-hybridized carbons (Fsp3) is 0.188. The number of thioether (sulfide) groups is 1. The molecule has 0 aliphatic heterocycles. The molecule has 0 spiro atoms. The van der Waals surface area contributed by atoms with E-state index < -0.39 is 0 Å². The van der Waals surface area contributed by atoms with Crippen molar-refractivity contribution in [1.82, 2.24) is 4.90 Å². The average Bonchev–Trinajstić information content (AvgIpc) is 2.48. The Morgan fingerprint density at radius 3 is 2.26 bits per heavy atom. The SMILES string of the molecule is CSc1ccc(CN(C)C(=O)c2ccccc2)cc1. The van der Waals surface area contributed by atoms with E-state index in [0.717, 1.165) is 11.1 Å². The molecule has 0 aliphatic rings. The molecule has 2 rings (SSSR count). The molecule has 0 unspecified atom stereocenters.